The minimum Gasteiger partial charge on any atom is -0.386 e. The SMILES string of the molecule is CS(=O)(=O)C(Cl)C(O)c1cccc(F)c1. The van der Waals surface area contributed by atoms with Gasteiger partial charge in [-0.05, 0) is 17.7 Å². The molecule has 0 spiro atoms. The van der Waals surface area contributed by atoms with Crippen molar-refractivity contribution < 1.29 is 17.9 Å². The van der Waals surface area contributed by atoms with Crippen LogP contribution in [0.1, 0.15) is 11.7 Å². The molecule has 0 saturated heterocycles. The van der Waals surface area contributed by atoms with Crippen LogP contribution in [0.5, 0.6) is 0 Å². The average Bonchev–Trinajstić information content (AvgIpc) is 2.14. The van der Waals surface area contributed by atoms with Gasteiger partial charge in [0.05, 0.1) is 0 Å². The molecule has 0 aliphatic heterocycles. The molecule has 6 heteroatoms. The predicted octanol–water partition coefficient (Wildman–Crippen LogP) is 1.47. The Bertz CT molecular complexity index is 446. The van der Waals surface area contributed by atoms with Crippen LogP contribution in [0.15, 0.2) is 24.3 Å². The maximum absolute atomic E-state index is 12.8. The maximum Gasteiger partial charge on any atom is 0.167 e. The second kappa shape index (κ2) is 4.47. The molecule has 1 N–H and O–H groups in total. The smallest absolute Gasteiger partial charge is 0.167 e. The predicted molar refractivity (Wildman–Crippen MR) is 55.8 cm³/mol. The van der Waals surface area contributed by atoms with E-state index in [-0.39, 0.29) is 5.56 Å². The van der Waals surface area contributed by atoms with Gasteiger partial charge < -0.3 is 5.11 Å². The Balaban J connectivity index is 3.00. The van der Waals surface area contributed by atoms with Crippen molar-refractivity contribution in [3.63, 3.8) is 0 Å². The molecule has 84 valence electrons. The summed E-state index contributed by atoms with van der Waals surface area (Å²) in [5, 5.41) is 9.57. The quantitative estimate of drug-likeness (QED) is 0.829. The molecule has 0 aliphatic rings. The fourth-order valence-electron chi connectivity index (χ4n) is 1.08. The largest absolute Gasteiger partial charge is 0.386 e. The van der Waals surface area contributed by atoms with Crippen molar-refractivity contribution in [2.24, 2.45) is 0 Å². The summed E-state index contributed by atoms with van der Waals surface area (Å²) >= 11 is 5.53. The number of aliphatic hydroxyl groups excluding tert-OH is 1. The Labute approximate surface area is 92.4 Å². The monoisotopic (exact) mass is 252 g/mol. The maximum atomic E-state index is 12.8. The molecule has 0 saturated carbocycles. The first-order valence-corrected chi connectivity index (χ1v) is 6.48. The lowest BCUT2D eigenvalue weighted by atomic mass is 10.1. The third-order valence-electron chi connectivity index (χ3n) is 1.85. The third-order valence-corrected chi connectivity index (χ3v) is 4.13. The number of sulfone groups is 1. The van der Waals surface area contributed by atoms with Crippen LogP contribution in [-0.2, 0) is 9.84 Å². The Morgan fingerprint density at radius 3 is 2.53 bits per heavy atom. The van der Waals surface area contributed by atoms with E-state index in [1.54, 1.807) is 0 Å². The number of alkyl halides is 1. The second-order valence-electron chi connectivity index (χ2n) is 3.18. The normalized spacial score (nSPS) is 16.0. The zero-order chi connectivity index (χ0) is 11.6. The van der Waals surface area contributed by atoms with E-state index in [1.165, 1.54) is 18.2 Å². The lowest BCUT2D eigenvalue weighted by Gasteiger charge is -2.15. The zero-order valence-corrected chi connectivity index (χ0v) is 9.46. The van der Waals surface area contributed by atoms with Crippen LogP contribution in [0, 0.1) is 5.82 Å². The highest BCUT2D eigenvalue weighted by Gasteiger charge is 2.27. The van der Waals surface area contributed by atoms with Gasteiger partial charge in [-0.3, -0.25) is 0 Å². The Morgan fingerprint density at radius 2 is 2.07 bits per heavy atom. The molecule has 15 heavy (non-hydrogen) atoms. The summed E-state index contributed by atoms with van der Waals surface area (Å²) in [4.78, 5) is 0. The highest BCUT2D eigenvalue weighted by molar-refractivity contribution is 7.92. The fraction of sp³-hybridized carbons (Fsp3) is 0.333. The first kappa shape index (κ1) is 12.4. The van der Waals surface area contributed by atoms with E-state index in [4.69, 9.17) is 11.6 Å². The van der Waals surface area contributed by atoms with Crippen molar-refractivity contribution in [1.29, 1.82) is 0 Å². The molecule has 3 nitrogen and oxygen atoms in total. The fourth-order valence-corrected chi connectivity index (χ4v) is 1.85. The number of aliphatic hydroxyl groups is 1. The molecule has 0 fully saturated rings. The van der Waals surface area contributed by atoms with Crippen LogP contribution in [0.25, 0.3) is 0 Å². The van der Waals surface area contributed by atoms with Gasteiger partial charge in [0.15, 0.2) is 14.5 Å². The number of hydrogen-bond acceptors (Lipinski definition) is 3. The summed E-state index contributed by atoms with van der Waals surface area (Å²) in [6.45, 7) is 0. The Kier molecular flexibility index (Phi) is 3.70. The zero-order valence-electron chi connectivity index (χ0n) is 7.89. The van der Waals surface area contributed by atoms with Crippen LogP contribution in [0.2, 0.25) is 0 Å². The van der Waals surface area contributed by atoms with E-state index in [0.717, 1.165) is 12.3 Å². The van der Waals surface area contributed by atoms with Gasteiger partial charge in [0.25, 0.3) is 0 Å². The van der Waals surface area contributed by atoms with E-state index in [1.807, 2.05) is 0 Å². The van der Waals surface area contributed by atoms with Gasteiger partial charge in [-0.1, -0.05) is 12.1 Å². The topological polar surface area (TPSA) is 54.4 Å². The molecule has 0 radical (unpaired) electrons. The standard InChI is InChI=1S/C9H10ClFO3S/c1-15(13,14)9(10)8(12)6-3-2-4-7(11)5-6/h2-5,8-9,12H,1H3. The molecule has 2 unspecified atom stereocenters. The molecular weight excluding hydrogens is 243 g/mol. The molecule has 0 aromatic heterocycles. The van der Waals surface area contributed by atoms with Crippen LogP contribution in [0.3, 0.4) is 0 Å². The van der Waals surface area contributed by atoms with E-state index in [2.05, 4.69) is 0 Å². The minimum absolute atomic E-state index is 0.139. The van der Waals surface area contributed by atoms with Crippen LogP contribution in [0.4, 0.5) is 4.39 Å². The first-order chi connectivity index (χ1) is 6.82. The molecule has 1 aromatic rings. The van der Waals surface area contributed by atoms with Crippen LogP contribution < -0.4 is 0 Å². The Hall–Kier alpha value is -0.650. The van der Waals surface area contributed by atoms with Crippen molar-refractivity contribution >= 4 is 21.4 Å². The summed E-state index contributed by atoms with van der Waals surface area (Å²) in [6.07, 6.45) is -0.523. The lowest BCUT2D eigenvalue weighted by molar-refractivity contribution is 0.191. The van der Waals surface area contributed by atoms with E-state index >= 15 is 0 Å². The molecule has 0 bridgehead atoms. The van der Waals surface area contributed by atoms with Gasteiger partial charge in [0.1, 0.15) is 11.9 Å². The summed E-state index contributed by atoms with van der Waals surface area (Å²) in [7, 11) is -3.57. The van der Waals surface area contributed by atoms with Crippen molar-refractivity contribution in [3.05, 3.63) is 35.6 Å². The first-order valence-electron chi connectivity index (χ1n) is 4.09. The third kappa shape index (κ3) is 3.15. The molecular formula is C9H10ClFO3S. The molecule has 1 aromatic carbocycles. The molecule has 2 atom stereocenters. The van der Waals surface area contributed by atoms with Crippen molar-refractivity contribution in [2.45, 2.75) is 10.8 Å². The summed E-state index contributed by atoms with van der Waals surface area (Å²) in [5.74, 6) is -0.552. The van der Waals surface area contributed by atoms with E-state index in [0.29, 0.717) is 0 Å². The lowest BCUT2D eigenvalue weighted by Crippen LogP contribution is -2.21. The minimum atomic E-state index is -3.57. The van der Waals surface area contributed by atoms with Gasteiger partial charge >= 0.3 is 0 Å². The molecule has 1 rings (SSSR count). The van der Waals surface area contributed by atoms with Gasteiger partial charge in [-0.25, -0.2) is 12.8 Å². The molecule has 0 heterocycles. The molecule has 0 aliphatic carbocycles. The van der Waals surface area contributed by atoms with Gasteiger partial charge in [0.2, 0.25) is 0 Å². The number of benzene rings is 1. The summed E-state index contributed by atoms with van der Waals surface area (Å²) in [6, 6.07) is 5.03. The summed E-state index contributed by atoms with van der Waals surface area (Å²) < 4.78 is 33.4. The summed E-state index contributed by atoms with van der Waals surface area (Å²) in [5.41, 5.74) is 0.139. The van der Waals surface area contributed by atoms with Crippen LogP contribution >= 0.6 is 11.6 Å². The number of rotatable bonds is 3. The van der Waals surface area contributed by atoms with Gasteiger partial charge in [-0.2, -0.15) is 0 Å². The van der Waals surface area contributed by atoms with Crippen molar-refractivity contribution in [3.8, 4) is 0 Å². The van der Waals surface area contributed by atoms with Crippen molar-refractivity contribution in [1.82, 2.24) is 0 Å². The molecule has 0 amide bonds. The van der Waals surface area contributed by atoms with Crippen LogP contribution in [-0.4, -0.2) is 24.5 Å². The highest BCUT2D eigenvalue weighted by Crippen LogP contribution is 2.24. The number of hydrogen-bond donors (Lipinski definition) is 1. The second-order valence-corrected chi connectivity index (χ2v) is 6.08. The average molecular weight is 253 g/mol. The Morgan fingerprint density at radius 1 is 1.47 bits per heavy atom. The van der Waals surface area contributed by atoms with E-state index < -0.39 is 26.5 Å². The number of halogens is 2. The van der Waals surface area contributed by atoms with E-state index in [9.17, 15) is 17.9 Å². The highest BCUT2D eigenvalue weighted by atomic mass is 35.5. The van der Waals surface area contributed by atoms with Gasteiger partial charge in [0, 0.05) is 6.26 Å². The van der Waals surface area contributed by atoms with Crippen molar-refractivity contribution in [2.75, 3.05) is 6.26 Å². The van der Waals surface area contributed by atoms with Gasteiger partial charge in [-0.15, -0.1) is 11.6 Å².